The topological polar surface area (TPSA) is 41.5 Å². The van der Waals surface area contributed by atoms with Gasteiger partial charge in [-0.05, 0) is 37.9 Å². The molecule has 0 spiro atoms. The minimum atomic E-state index is 0.0209. The van der Waals surface area contributed by atoms with Crippen LogP contribution in [0.1, 0.15) is 19.3 Å². The summed E-state index contributed by atoms with van der Waals surface area (Å²) in [5, 5.41) is 12.9. The van der Waals surface area contributed by atoms with Crippen molar-refractivity contribution in [3.05, 3.63) is 30.3 Å². The van der Waals surface area contributed by atoms with Gasteiger partial charge in [0.1, 0.15) is 5.75 Å². The van der Waals surface area contributed by atoms with Crippen LogP contribution in [0.25, 0.3) is 0 Å². The first-order chi connectivity index (χ1) is 8.35. The summed E-state index contributed by atoms with van der Waals surface area (Å²) < 4.78 is 5.70. The molecule has 1 saturated heterocycles. The molecule has 1 aromatic carbocycles. The van der Waals surface area contributed by atoms with E-state index in [1.54, 1.807) is 0 Å². The van der Waals surface area contributed by atoms with Gasteiger partial charge in [0.15, 0.2) is 0 Å². The average molecular weight is 235 g/mol. The quantitative estimate of drug-likeness (QED) is 0.818. The van der Waals surface area contributed by atoms with Crippen molar-refractivity contribution in [2.45, 2.75) is 19.3 Å². The number of aliphatic hydroxyl groups excluding tert-OH is 1. The molecule has 1 fully saturated rings. The highest BCUT2D eigenvalue weighted by Gasteiger charge is 2.31. The molecule has 17 heavy (non-hydrogen) atoms. The van der Waals surface area contributed by atoms with E-state index in [1.807, 2.05) is 30.3 Å². The van der Waals surface area contributed by atoms with Crippen molar-refractivity contribution < 1.29 is 9.84 Å². The fourth-order valence-electron chi connectivity index (χ4n) is 2.36. The Labute approximate surface area is 103 Å². The van der Waals surface area contributed by atoms with Crippen molar-refractivity contribution in [2.24, 2.45) is 5.41 Å². The van der Waals surface area contributed by atoms with Crippen molar-refractivity contribution in [2.75, 3.05) is 26.3 Å². The Morgan fingerprint density at radius 3 is 2.76 bits per heavy atom. The number of ether oxygens (including phenoxy) is 1. The van der Waals surface area contributed by atoms with Crippen molar-refractivity contribution in [1.82, 2.24) is 5.32 Å². The Bertz CT molecular complexity index is 320. The molecule has 1 aromatic rings. The molecule has 1 aliphatic heterocycles. The predicted molar refractivity (Wildman–Crippen MR) is 68.2 cm³/mol. The van der Waals surface area contributed by atoms with Crippen molar-refractivity contribution in [1.29, 1.82) is 0 Å². The Hall–Kier alpha value is -1.06. The zero-order valence-electron chi connectivity index (χ0n) is 10.2. The van der Waals surface area contributed by atoms with Crippen LogP contribution in [0.2, 0.25) is 0 Å². The van der Waals surface area contributed by atoms with Gasteiger partial charge in [0.05, 0.1) is 13.2 Å². The van der Waals surface area contributed by atoms with Gasteiger partial charge in [0.2, 0.25) is 0 Å². The molecule has 0 bridgehead atoms. The average Bonchev–Trinajstić information content (AvgIpc) is 2.41. The Morgan fingerprint density at radius 1 is 1.29 bits per heavy atom. The molecule has 2 N–H and O–H groups in total. The minimum absolute atomic E-state index is 0.0209. The van der Waals surface area contributed by atoms with Crippen LogP contribution in [0.4, 0.5) is 0 Å². The number of hydrogen-bond donors (Lipinski definition) is 2. The van der Waals surface area contributed by atoms with Crippen LogP contribution in [0.5, 0.6) is 5.75 Å². The normalized spacial score (nSPS) is 24.5. The fourth-order valence-corrected chi connectivity index (χ4v) is 2.36. The third-order valence-electron chi connectivity index (χ3n) is 3.54. The predicted octanol–water partition coefficient (Wildman–Crippen LogP) is 1.82. The van der Waals surface area contributed by atoms with Crippen molar-refractivity contribution in [3.8, 4) is 5.75 Å². The summed E-state index contributed by atoms with van der Waals surface area (Å²) in [4.78, 5) is 0. The molecule has 3 nitrogen and oxygen atoms in total. The number of hydrogen-bond acceptors (Lipinski definition) is 3. The molecule has 0 saturated carbocycles. The molecular weight excluding hydrogens is 214 g/mol. The molecule has 0 aliphatic carbocycles. The second-order valence-electron chi connectivity index (χ2n) is 4.85. The summed E-state index contributed by atoms with van der Waals surface area (Å²) in [7, 11) is 0. The van der Waals surface area contributed by atoms with E-state index in [-0.39, 0.29) is 12.0 Å². The third kappa shape index (κ3) is 3.45. The first kappa shape index (κ1) is 12.4. The maximum atomic E-state index is 9.54. The van der Waals surface area contributed by atoms with Gasteiger partial charge >= 0.3 is 0 Å². The van der Waals surface area contributed by atoms with Gasteiger partial charge < -0.3 is 15.2 Å². The molecule has 0 aromatic heterocycles. The van der Waals surface area contributed by atoms with Crippen molar-refractivity contribution >= 4 is 0 Å². The van der Waals surface area contributed by atoms with Gasteiger partial charge in [0.25, 0.3) is 0 Å². The van der Waals surface area contributed by atoms with Crippen LogP contribution in [-0.4, -0.2) is 31.4 Å². The monoisotopic (exact) mass is 235 g/mol. The Kier molecular flexibility index (Phi) is 4.40. The lowest BCUT2D eigenvalue weighted by molar-refractivity contribution is 0.0701. The lowest BCUT2D eigenvalue weighted by Gasteiger charge is -2.36. The van der Waals surface area contributed by atoms with E-state index >= 15 is 0 Å². The molecular formula is C14H21NO2. The first-order valence-corrected chi connectivity index (χ1v) is 6.34. The van der Waals surface area contributed by atoms with Crippen LogP contribution in [0, 0.1) is 5.41 Å². The lowest BCUT2D eigenvalue weighted by atomic mass is 9.79. The maximum Gasteiger partial charge on any atom is 0.119 e. The van der Waals surface area contributed by atoms with Crippen LogP contribution in [-0.2, 0) is 0 Å². The standard InChI is InChI=1S/C14H21NO2/c16-12-14(7-4-9-15-11-14)8-10-17-13-5-2-1-3-6-13/h1-3,5-6,15-16H,4,7-12H2/t14-/m0/s1. The first-order valence-electron chi connectivity index (χ1n) is 6.34. The van der Waals surface area contributed by atoms with E-state index in [0.29, 0.717) is 6.61 Å². The van der Waals surface area contributed by atoms with E-state index in [2.05, 4.69) is 5.32 Å². The smallest absolute Gasteiger partial charge is 0.119 e. The van der Waals surface area contributed by atoms with Crippen LogP contribution >= 0.6 is 0 Å². The van der Waals surface area contributed by atoms with Crippen LogP contribution in [0.3, 0.4) is 0 Å². The maximum absolute atomic E-state index is 9.54. The van der Waals surface area contributed by atoms with Gasteiger partial charge in [-0.1, -0.05) is 18.2 Å². The van der Waals surface area contributed by atoms with Gasteiger partial charge in [-0.15, -0.1) is 0 Å². The number of benzene rings is 1. The van der Waals surface area contributed by atoms with Gasteiger partial charge in [-0.25, -0.2) is 0 Å². The van der Waals surface area contributed by atoms with Crippen LogP contribution in [0.15, 0.2) is 30.3 Å². The second kappa shape index (κ2) is 6.03. The molecule has 0 amide bonds. The molecule has 1 heterocycles. The van der Waals surface area contributed by atoms with Crippen molar-refractivity contribution in [3.63, 3.8) is 0 Å². The summed E-state index contributed by atoms with van der Waals surface area (Å²) in [5.74, 6) is 0.907. The molecule has 0 unspecified atom stereocenters. The molecule has 1 atom stereocenters. The summed E-state index contributed by atoms with van der Waals surface area (Å²) in [6, 6.07) is 9.85. The Balaban J connectivity index is 1.80. The van der Waals surface area contributed by atoms with E-state index in [4.69, 9.17) is 4.74 Å². The number of aliphatic hydroxyl groups is 1. The number of piperidine rings is 1. The number of nitrogens with one attached hydrogen (secondary N) is 1. The highest BCUT2D eigenvalue weighted by atomic mass is 16.5. The summed E-state index contributed by atoms with van der Waals surface area (Å²) in [6.07, 6.45) is 3.14. The minimum Gasteiger partial charge on any atom is -0.494 e. The van der Waals surface area contributed by atoms with Gasteiger partial charge in [-0.3, -0.25) is 0 Å². The lowest BCUT2D eigenvalue weighted by Crippen LogP contribution is -2.43. The Morgan fingerprint density at radius 2 is 2.12 bits per heavy atom. The molecule has 2 rings (SSSR count). The van der Waals surface area contributed by atoms with Gasteiger partial charge in [0, 0.05) is 12.0 Å². The van der Waals surface area contributed by atoms with Crippen LogP contribution < -0.4 is 10.1 Å². The molecule has 94 valence electrons. The fraction of sp³-hybridized carbons (Fsp3) is 0.571. The highest BCUT2D eigenvalue weighted by Crippen LogP contribution is 2.29. The summed E-state index contributed by atoms with van der Waals surface area (Å²) in [5.41, 5.74) is 0.0209. The number of rotatable bonds is 5. The SMILES string of the molecule is OC[C@]1(CCOc2ccccc2)CCCNC1. The van der Waals surface area contributed by atoms with E-state index in [1.165, 1.54) is 0 Å². The highest BCUT2D eigenvalue weighted by molar-refractivity contribution is 5.20. The third-order valence-corrected chi connectivity index (χ3v) is 3.54. The molecule has 0 radical (unpaired) electrons. The van der Waals surface area contributed by atoms with Gasteiger partial charge in [-0.2, -0.15) is 0 Å². The summed E-state index contributed by atoms with van der Waals surface area (Å²) >= 11 is 0. The van der Waals surface area contributed by atoms with E-state index in [9.17, 15) is 5.11 Å². The summed E-state index contributed by atoms with van der Waals surface area (Å²) in [6.45, 7) is 2.90. The zero-order valence-corrected chi connectivity index (χ0v) is 10.2. The van der Waals surface area contributed by atoms with E-state index in [0.717, 1.165) is 38.1 Å². The molecule has 3 heteroatoms. The zero-order chi connectivity index (χ0) is 12.0. The van der Waals surface area contributed by atoms with E-state index < -0.39 is 0 Å². The second-order valence-corrected chi connectivity index (χ2v) is 4.85. The molecule has 1 aliphatic rings. The number of para-hydroxylation sites is 1. The largest absolute Gasteiger partial charge is 0.494 e.